The van der Waals surface area contributed by atoms with Crippen LogP contribution in [-0.4, -0.2) is 21.4 Å². The molecule has 0 fully saturated rings. The maximum atomic E-state index is 11.2. The molecule has 0 aliphatic rings. The molecule has 0 radical (unpaired) electrons. The van der Waals surface area contributed by atoms with Gasteiger partial charge in [-0.2, -0.15) is 4.98 Å². The molecular formula is C13H13IN4O3. The van der Waals surface area contributed by atoms with Crippen LogP contribution in [-0.2, 0) is 0 Å². The molecule has 0 atom stereocenters. The summed E-state index contributed by atoms with van der Waals surface area (Å²) in [5, 5.41) is 14.1. The molecular weight excluding hydrogens is 387 g/mol. The molecule has 0 amide bonds. The molecule has 2 aromatic rings. The minimum atomic E-state index is -0.533. The maximum absolute atomic E-state index is 11.2. The Kier molecular flexibility index (Phi) is 4.89. The van der Waals surface area contributed by atoms with Crippen molar-refractivity contribution in [1.82, 2.24) is 9.97 Å². The average molecular weight is 400 g/mol. The number of aryl methyl sites for hydroxylation is 1. The predicted molar refractivity (Wildman–Crippen MR) is 86.8 cm³/mol. The van der Waals surface area contributed by atoms with Crippen LogP contribution in [0, 0.1) is 20.6 Å². The van der Waals surface area contributed by atoms with Gasteiger partial charge in [-0.25, -0.2) is 4.98 Å². The largest absolute Gasteiger partial charge is 0.434 e. The third-order valence-electron chi connectivity index (χ3n) is 2.55. The molecule has 1 aromatic heterocycles. The van der Waals surface area contributed by atoms with Gasteiger partial charge < -0.3 is 10.1 Å². The Morgan fingerprint density at radius 1 is 1.43 bits per heavy atom. The highest BCUT2D eigenvalue weighted by atomic mass is 127. The monoisotopic (exact) mass is 400 g/mol. The smallest absolute Gasteiger partial charge is 0.352 e. The second-order valence-electron chi connectivity index (χ2n) is 4.13. The van der Waals surface area contributed by atoms with E-state index in [4.69, 9.17) is 4.74 Å². The van der Waals surface area contributed by atoms with Crippen LogP contribution in [0.1, 0.15) is 12.6 Å². The first-order valence-electron chi connectivity index (χ1n) is 6.21. The fraction of sp³-hybridized carbons (Fsp3) is 0.231. The normalized spacial score (nSPS) is 10.2. The molecule has 1 N–H and O–H groups in total. The summed E-state index contributed by atoms with van der Waals surface area (Å²) in [6.07, 6.45) is 0. The van der Waals surface area contributed by atoms with Gasteiger partial charge in [0.15, 0.2) is 0 Å². The van der Waals surface area contributed by atoms with Crippen molar-refractivity contribution in [3.05, 3.63) is 43.6 Å². The van der Waals surface area contributed by atoms with E-state index in [1.807, 2.05) is 19.1 Å². The number of nitro groups is 1. The number of nitrogens with one attached hydrogen (secondary N) is 1. The minimum absolute atomic E-state index is 0.0644. The van der Waals surface area contributed by atoms with Crippen molar-refractivity contribution in [3.8, 4) is 11.6 Å². The third kappa shape index (κ3) is 3.78. The summed E-state index contributed by atoms with van der Waals surface area (Å²) in [7, 11) is 0. The zero-order chi connectivity index (χ0) is 15.4. The molecule has 7 nitrogen and oxygen atoms in total. The molecule has 1 heterocycles. The second-order valence-corrected chi connectivity index (χ2v) is 5.38. The first-order chi connectivity index (χ1) is 10.0. The van der Waals surface area contributed by atoms with Crippen molar-refractivity contribution >= 4 is 34.2 Å². The van der Waals surface area contributed by atoms with Gasteiger partial charge in [0.1, 0.15) is 11.4 Å². The predicted octanol–water partition coefficient (Wildman–Crippen LogP) is 3.52. The summed E-state index contributed by atoms with van der Waals surface area (Å²) < 4.78 is 6.55. The van der Waals surface area contributed by atoms with Gasteiger partial charge in [-0.15, -0.1) is 0 Å². The molecule has 0 aliphatic heterocycles. The summed E-state index contributed by atoms with van der Waals surface area (Å²) in [5.41, 5.74) is 0.0297. The number of ether oxygens (including phenoxy) is 1. The zero-order valence-electron chi connectivity index (χ0n) is 11.5. The highest BCUT2D eigenvalue weighted by Gasteiger charge is 2.24. The van der Waals surface area contributed by atoms with Crippen molar-refractivity contribution < 1.29 is 9.66 Å². The van der Waals surface area contributed by atoms with Crippen LogP contribution in [0.4, 0.5) is 11.6 Å². The average Bonchev–Trinajstić information content (AvgIpc) is 2.38. The van der Waals surface area contributed by atoms with Gasteiger partial charge in [-0.05, 0) is 54.6 Å². The first kappa shape index (κ1) is 15.4. The van der Waals surface area contributed by atoms with Gasteiger partial charge in [-0.1, -0.05) is 6.07 Å². The number of hydrogen-bond donors (Lipinski definition) is 1. The van der Waals surface area contributed by atoms with E-state index in [9.17, 15) is 10.1 Å². The maximum Gasteiger partial charge on any atom is 0.352 e. The lowest BCUT2D eigenvalue weighted by atomic mass is 10.3. The number of hydrogen-bond acceptors (Lipinski definition) is 6. The molecule has 0 saturated carbocycles. The summed E-state index contributed by atoms with van der Waals surface area (Å²) in [6, 6.07) is 7.20. The van der Waals surface area contributed by atoms with E-state index in [0.717, 1.165) is 3.57 Å². The van der Waals surface area contributed by atoms with Gasteiger partial charge in [0, 0.05) is 10.1 Å². The molecule has 0 aliphatic carbocycles. The summed E-state index contributed by atoms with van der Waals surface area (Å²) in [6.45, 7) is 4.06. The number of nitrogens with zero attached hydrogens (tertiary/aromatic N) is 3. The number of aromatic nitrogens is 2. The lowest BCUT2D eigenvalue weighted by Gasteiger charge is -2.09. The van der Waals surface area contributed by atoms with Gasteiger partial charge in [0.05, 0.1) is 4.92 Å². The van der Waals surface area contributed by atoms with Gasteiger partial charge in [-0.3, -0.25) is 10.1 Å². The topological polar surface area (TPSA) is 90.2 Å². The SMILES string of the molecule is CCNc1nc(C)c([N+](=O)[O-])c(Oc2cccc(I)c2)n1. The van der Waals surface area contributed by atoms with E-state index in [2.05, 4.69) is 37.9 Å². The summed E-state index contributed by atoms with van der Waals surface area (Å²) >= 11 is 2.14. The third-order valence-corrected chi connectivity index (χ3v) is 3.23. The van der Waals surface area contributed by atoms with Crippen molar-refractivity contribution in [2.45, 2.75) is 13.8 Å². The Bertz CT molecular complexity index is 678. The number of halogens is 1. The molecule has 21 heavy (non-hydrogen) atoms. The number of anilines is 1. The van der Waals surface area contributed by atoms with Crippen LogP contribution in [0.2, 0.25) is 0 Å². The van der Waals surface area contributed by atoms with Gasteiger partial charge in [0.2, 0.25) is 5.95 Å². The minimum Gasteiger partial charge on any atom is -0.434 e. The summed E-state index contributed by atoms with van der Waals surface area (Å²) in [4.78, 5) is 18.8. The molecule has 0 spiro atoms. The number of benzene rings is 1. The van der Waals surface area contributed by atoms with E-state index in [1.54, 1.807) is 19.1 Å². The van der Waals surface area contributed by atoms with Crippen molar-refractivity contribution in [2.75, 3.05) is 11.9 Å². The van der Waals surface area contributed by atoms with Crippen LogP contribution in [0.5, 0.6) is 11.6 Å². The Labute approximate surface area is 135 Å². The first-order valence-corrected chi connectivity index (χ1v) is 7.29. The molecule has 1 aromatic carbocycles. The lowest BCUT2D eigenvalue weighted by Crippen LogP contribution is -2.07. The second kappa shape index (κ2) is 6.66. The molecule has 0 saturated heterocycles. The van der Waals surface area contributed by atoms with Crippen molar-refractivity contribution in [1.29, 1.82) is 0 Å². The van der Waals surface area contributed by atoms with Crippen LogP contribution < -0.4 is 10.1 Å². The standard InChI is InChI=1S/C13H13IN4O3/c1-3-15-13-16-8(2)11(18(19)20)12(17-13)21-10-6-4-5-9(14)7-10/h4-7H,3H2,1-2H3,(H,15,16,17). The number of rotatable bonds is 5. The Balaban J connectivity index is 2.46. The van der Waals surface area contributed by atoms with E-state index < -0.39 is 4.92 Å². The van der Waals surface area contributed by atoms with E-state index in [-0.39, 0.29) is 17.3 Å². The van der Waals surface area contributed by atoms with Crippen LogP contribution in [0.15, 0.2) is 24.3 Å². The quantitative estimate of drug-likeness (QED) is 0.469. The van der Waals surface area contributed by atoms with Crippen LogP contribution in [0.3, 0.4) is 0 Å². The molecule has 110 valence electrons. The van der Waals surface area contributed by atoms with Crippen LogP contribution in [0.25, 0.3) is 0 Å². The molecule has 2 rings (SSSR count). The summed E-state index contributed by atoms with van der Waals surface area (Å²) in [5.74, 6) is 0.734. The molecule has 0 bridgehead atoms. The fourth-order valence-corrected chi connectivity index (χ4v) is 2.22. The van der Waals surface area contributed by atoms with E-state index >= 15 is 0 Å². The Morgan fingerprint density at radius 2 is 2.19 bits per heavy atom. The van der Waals surface area contributed by atoms with Crippen molar-refractivity contribution in [2.24, 2.45) is 0 Å². The highest BCUT2D eigenvalue weighted by Crippen LogP contribution is 2.32. The van der Waals surface area contributed by atoms with Gasteiger partial charge in [0.25, 0.3) is 0 Å². The Hall–Kier alpha value is -1.97. The fourth-order valence-electron chi connectivity index (χ4n) is 1.70. The van der Waals surface area contributed by atoms with Crippen LogP contribution >= 0.6 is 22.6 Å². The lowest BCUT2D eigenvalue weighted by molar-refractivity contribution is -0.386. The Morgan fingerprint density at radius 3 is 2.81 bits per heavy atom. The van der Waals surface area contributed by atoms with Gasteiger partial charge >= 0.3 is 11.6 Å². The highest BCUT2D eigenvalue weighted by molar-refractivity contribution is 14.1. The zero-order valence-corrected chi connectivity index (χ0v) is 13.6. The molecule has 8 heteroatoms. The molecule has 0 unspecified atom stereocenters. The van der Waals surface area contributed by atoms with E-state index in [0.29, 0.717) is 18.2 Å². The van der Waals surface area contributed by atoms with E-state index in [1.165, 1.54) is 0 Å². The van der Waals surface area contributed by atoms with Crippen molar-refractivity contribution in [3.63, 3.8) is 0 Å².